The van der Waals surface area contributed by atoms with Crippen molar-refractivity contribution in [2.24, 2.45) is 9.98 Å². The maximum Gasteiger partial charge on any atom is 0.175 e. The maximum atomic E-state index is 6.10. The number of halogens is 1. The number of nitrogens with one attached hydrogen (secondary N) is 1. The van der Waals surface area contributed by atoms with E-state index in [2.05, 4.69) is 50.2 Å². The number of hydrogen-bond acceptors (Lipinski definition) is 3. The van der Waals surface area contributed by atoms with Gasteiger partial charge in [0.2, 0.25) is 0 Å². The molecule has 0 radical (unpaired) electrons. The van der Waals surface area contributed by atoms with Crippen LogP contribution < -0.4 is 0 Å². The van der Waals surface area contributed by atoms with E-state index in [9.17, 15) is 0 Å². The average molecular weight is 476 g/mol. The van der Waals surface area contributed by atoms with Crippen molar-refractivity contribution in [1.29, 1.82) is 0 Å². The number of aromatic amines is 1. The molecule has 4 rings (SSSR count). The van der Waals surface area contributed by atoms with Crippen molar-refractivity contribution >= 4 is 23.7 Å². The fourth-order valence-electron chi connectivity index (χ4n) is 4.64. The molecule has 178 valence electrons. The molecular weight excluding hydrogens is 442 g/mol. The highest BCUT2D eigenvalue weighted by Crippen LogP contribution is 2.32. The van der Waals surface area contributed by atoms with Crippen molar-refractivity contribution in [2.45, 2.75) is 45.4 Å². The van der Waals surface area contributed by atoms with Crippen LogP contribution in [-0.2, 0) is 6.42 Å². The van der Waals surface area contributed by atoms with E-state index in [1.165, 1.54) is 12.0 Å². The molecule has 0 spiro atoms. The third-order valence-corrected chi connectivity index (χ3v) is 6.65. The number of aryl methyl sites for hydroxylation is 1. The number of piperidine rings is 1. The fourth-order valence-corrected chi connectivity index (χ4v) is 4.77. The van der Waals surface area contributed by atoms with E-state index >= 15 is 0 Å². The molecule has 34 heavy (non-hydrogen) atoms. The number of amidine groups is 1. The number of rotatable bonds is 8. The van der Waals surface area contributed by atoms with E-state index in [1.807, 2.05) is 38.1 Å². The van der Waals surface area contributed by atoms with Crippen LogP contribution in [0.25, 0.3) is 11.4 Å². The summed E-state index contributed by atoms with van der Waals surface area (Å²) < 4.78 is 0. The molecule has 6 heteroatoms. The van der Waals surface area contributed by atoms with Crippen molar-refractivity contribution in [3.05, 3.63) is 76.6 Å². The van der Waals surface area contributed by atoms with Crippen LogP contribution in [-0.4, -0.2) is 53.1 Å². The topological polar surface area (TPSA) is 56.6 Å². The second-order valence-corrected chi connectivity index (χ2v) is 9.18. The van der Waals surface area contributed by atoms with Gasteiger partial charge >= 0.3 is 0 Å². The molecule has 2 aromatic carbocycles. The summed E-state index contributed by atoms with van der Waals surface area (Å²) in [5, 5.41) is 0.721. The van der Waals surface area contributed by atoms with Crippen LogP contribution in [0.1, 0.15) is 56.0 Å². The minimum Gasteiger partial charge on any atom is -0.341 e. The molecule has 0 aliphatic carbocycles. The zero-order chi connectivity index (χ0) is 23.8. The van der Waals surface area contributed by atoms with Crippen molar-refractivity contribution in [3.63, 3.8) is 0 Å². The Morgan fingerprint density at radius 1 is 1.12 bits per heavy atom. The Morgan fingerprint density at radius 3 is 2.53 bits per heavy atom. The summed E-state index contributed by atoms with van der Waals surface area (Å²) in [7, 11) is 0. The molecule has 1 N–H and O–H groups in total. The van der Waals surface area contributed by atoms with E-state index in [-0.39, 0.29) is 0 Å². The predicted molar refractivity (Wildman–Crippen MR) is 143 cm³/mol. The Hall–Kier alpha value is -2.76. The van der Waals surface area contributed by atoms with E-state index in [0.717, 1.165) is 66.7 Å². The highest BCUT2D eigenvalue weighted by atomic mass is 35.5. The lowest BCUT2D eigenvalue weighted by molar-refractivity contribution is 0.209. The summed E-state index contributed by atoms with van der Waals surface area (Å²) in [6, 6.07) is 18.6. The van der Waals surface area contributed by atoms with Crippen molar-refractivity contribution in [1.82, 2.24) is 14.9 Å². The van der Waals surface area contributed by atoms with Crippen LogP contribution in [0, 0.1) is 0 Å². The van der Waals surface area contributed by atoms with Gasteiger partial charge in [0.05, 0.1) is 0 Å². The number of likely N-dealkylation sites (tertiary alicyclic amines) is 1. The second-order valence-electron chi connectivity index (χ2n) is 8.74. The van der Waals surface area contributed by atoms with Crippen LogP contribution in [0.3, 0.4) is 0 Å². The summed E-state index contributed by atoms with van der Waals surface area (Å²) >= 11 is 6.10. The first-order valence-electron chi connectivity index (χ1n) is 12.3. The van der Waals surface area contributed by atoms with Gasteiger partial charge in [0.25, 0.3) is 0 Å². The van der Waals surface area contributed by atoms with E-state index in [1.54, 1.807) is 6.21 Å². The number of aliphatic imine (C=N–C) groups is 2. The smallest absolute Gasteiger partial charge is 0.175 e. The van der Waals surface area contributed by atoms with Gasteiger partial charge in [-0.2, -0.15) is 0 Å². The predicted octanol–water partition coefficient (Wildman–Crippen LogP) is 6.40. The molecule has 0 bridgehead atoms. The minimum absolute atomic E-state index is 0.419. The highest BCUT2D eigenvalue weighted by molar-refractivity contribution is 6.30. The fraction of sp³-hybridized carbons (Fsp3) is 0.393. The van der Waals surface area contributed by atoms with Crippen LogP contribution in [0.5, 0.6) is 0 Å². The molecule has 1 aliphatic heterocycles. The zero-order valence-corrected chi connectivity index (χ0v) is 20.9. The first kappa shape index (κ1) is 24.4. The minimum atomic E-state index is 0.419. The van der Waals surface area contributed by atoms with E-state index in [4.69, 9.17) is 16.6 Å². The number of hydrogen-bond donors (Lipinski definition) is 1. The lowest BCUT2D eigenvalue weighted by atomic mass is 9.92. The van der Waals surface area contributed by atoms with E-state index < -0.39 is 0 Å². The second kappa shape index (κ2) is 12.1. The SMILES string of the molecule is CC=NC(=NCC)c1nc(-c2ccc(Cl)cc2)[nH]c1C1CCN(CCCc2ccccc2)CC1. The molecule has 1 aliphatic rings. The summed E-state index contributed by atoms with van der Waals surface area (Å²) in [6.45, 7) is 7.99. The summed E-state index contributed by atoms with van der Waals surface area (Å²) in [5.41, 5.74) is 4.49. The van der Waals surface area contributed by atoms with Gasteiger partial charge < -0.3 is 9.88 Å². The first-order valence-corrected chi connectivity index (χ1v) is 12.7. The largest absolute Gasteiger partial charge is 0.341 e. The van der Waals surface area contributed by atoms with Gasteiger partial charge in [0, 0.05) is 35.0 Å². The van der Waals surface area contributed by atoms with Crippen LogP contribution >= 0.6 is 11.6 Å². The Bertz CT molecular complexity index is 1090. The molecule has 0 amide bonds. The molecular formula is C28H34ClN5. The molecule has 0 unspecified atom stereocenters. The molecule has 1 fully saturated rings. The number of aromatic nitrogens is 2. The molecule has 1 saturated heterocycles. The van der Waals surface area contributed by atoms with Crippen LogP contribution in [0.15, 0.2) is 64.6 Å². The maximum absolute atomic E-state index is 6.10. The third-order valence-electron chi connectivity index (χ3n) is 6.40. The monoisotopic (exact) mass is 475 g/mol. The van der Waals surface area contributed by atoms with Crippen molar-refractivity contribution < 1.29 is 0 Å². The molecule has 3 aromatic rings. The first-order chi connectivity index (χ1) is 16.7. The highest BCUT2D eigenvalue weighted by Gasteiger charge is 2.27. The summed E-state index contributed by atoms with van der Waals surface area (Å²) in [6.07, 6.45) is 6.35. The lowest BCUT2D eigenvalue weighted by Crippen LogP contribution is -2.34. The molecule has 2 heterocycles. The van der Waals surface area contributed by atoms with Gasteiger partial charge in [-0.1, -0.05) is 41.9 Å². The van der Waals surface area contributed by atoms with Gasteiger partial charge in [-0.25, -0.2) is 9.98 Å². The van der Waals surface area contributed by atoms with Crippen LogP contribution in [0.2, 0.25) is 5.02 Å². The molecule has 0 saturated carbocycles. The summed E-state index contributed by atoms with van der Waals surface area (Å²) in [4.78, 5) is 20.4. The number of nitrogens with zero attached hydrogens (tertiary/aromatic N) is 4. The van der Waals surface area contributed by atoms with Gasteiger partial charge in [-0.15, -0.1) is 0 Å². The van der Waals surface area contributed by atoms with Gasteiger partial charge in [-0.05, 0) is 89.0 Å². The normalized spacial score (nSPS) is 15.9. The van der Waals surface area contributed by atoms with Crippen LogP contribution in [0.4, 0.5) is 0 Å². The molecule has 5 nitrogen and oxygen atoms in total. The van der Waals surface area contributed by atoms with Gasteiger partial charge in [0.15, 0.2) is 5.84 Å². The summed E-state index contributed by atoms with van der Waals surface area (Å²) in [5.74, 6) is 1.98. The third kappa shape index (κ3) is 6.22. The van der Waals surface area contributed by atoms with Gasteiger partial charge in [0.1, 0.15) is 11.5 Å². The van der Waals surface area contributed by atoms with Crippen molar-refractivity contribution in [2.75, 3.05) is 26.2 Å². The van der Waals surface area contributed by atoms with Gasteiger partial charge in [-0.3, -0.25) is 4.99 Å². The average Bonchev–Trinajstić information content (AvgIpc) is 3.31. The quantitative estimate of drug-likeness (QED) is 0.302. The lowest BCUT2D eigenvalue weighted by Gasteiger charge is -2.31. The Kier molecular flexibility index (Phi) is 8.67. The zero-order valence-electron chi connectivity index (χ0n) is 20.2. The number of benzene rings is 2. The molecule has 0 atom stereocenters. The Labute approximate surface area is 208 Å². The Morgan fingerprint density at radius 2 is 1.85 bits per heavy atom. The Balaban J connectivity index is 1.47. The molecule has 1 aromatic heterocycles. The number of imidazole rings is 1. The standard InChI is InChI=1S/C28H34ClN5/c1-3-30-28(31-4-2)26-25(32-27(33-26)23-12-14-24(29)15-13-23)22-16-19-34(20-17-22)18-8-11-21-9-6-5-7-10-21/h3,5-7,9-10,12-15,22H,4,8,11,16-20H2,1-2H3,(H,32,33). The van der Waals surface area contributed by atoms with E-state index in [0.29, 0.717) is 18.3 Å². The van der Waals surface area contributed by atoms with Crippen molar-refractivity contribution in [3.8, 4) is 11.4 Å². The number of H-pyrrole nitrogens is 1.